The molecule has 0 aliphatic carbocycles. The van der Waals surface area contributed by atoms with Crippen LogP contribution in [0.1, 0.15) is 45.9 Å². The van der Waals surface area contributed by atoms with Gasteiger partial charge >= 0.3 is 0 Å². The Kier molecular flexibility index (Phi) is 4.08. The SMILES string of the molecule is CO[C@@H]1C[C@@H](c2ncn[nH]2)N(C(=O)c2nc(C)c(C)nc2C)C1. The van der Waals surface area contributed by atoms with E-state index in [0.717, 1.165) is 11.4 Å². The summed E-state index contributed by atoms with van der Waals surface area (Å²) in [6.07, 6.45) is 2.09. The quantitative estimate of drug-likeness (QED) is 0.911. The minimum absolute atomic E-state index is 0.0335. The molecule has 1 amide bonds. The van der Waals surface area contributed by atoms with E-state index in [1.165, 1.54) is 6.33 Å². The predicted octanol–water partition coefficient (Wildman–Crippen LogP) is 1.12. The molecule has 23 heavy (non-hydrogen) atoms. The molecule has 1 aliphatic heterocycles. The Labute approximate surface area is 134 Å². The fourth-order valence-corrected chi connectivity index (χ4v) is 2.88. The lowest BCUT2D eigenvalue weighted by Crippen LogP contribution is -2.34. The highest BCUT2D eigenvalue weighted by atomic mass is 16.5. The first-order chi connectivity index (χ1) is 11.0. The molecule has 0 spiro atoms. The van der Waals surface area contributed by atoms with E-state index in [1.54, 1.807) is 18.9 Å². The van der Waals surface area contributed by atoms with Gasteiger partial charge in [-0.2, -0.15) is 5.10 Å². The summed E-state index contributed by atoms with van der Waals surface area (Å²) in [6.45, 7) is 6.04. The van der Waals surface area contributed by atoms with Crippen molar-refractivity contribution in [2.24, 2.45) is 0 Å². The monoisotopic (exact) mass is 316 g/mol. The van der Waals surface area contributed by atoms with Gasteiger partial charge in [-0.3, -0.25) is 14.9 Å². The van der Waals surface area contributed by atoms with Crippen LogP contribution in [-0.2, 0) is 4.74 Å². The molecule has 2 aromatic rings. The Bertz CT molecular complexity index is 715. The molecule has 0 unspecified atom stereocenters. The minimum Gasteiger partial charge on any atom is -0.380 e. The number of hydrogen-bond donors (Lipinski definition) is 1. The Balaban J connectivity index is 1.95. The number of nitrogens with zero attached hydrogens (tertiary/aromatic N) is 5. The molecule has 2 atom stereocenters. The second-order valence-corrected chi connectivity index (χ2v) is 5.77. The van der Waals surface area contributed by atoms with Crippen LogP contribution < -0.4 is 0 Å². The Hall–Kier alpha value is -2.35. The number of likely N-dealkylation sites (tertiary alicyclic amines) is 1. The van der Waals surface area contributed by atoms with E-state index in [9.17, 15) is 4.79 Å². The molecule has 122 valence electrons. The van der Waals surface area contributed by atoms with Crippen LogP contribution >= 0.6 is 0 Å². The summed E-state index contributed by atoms with van der Waals surface area (Å²) in [5.41, 5.74) is 2.62. The molecule has 1 N–H and O–H groups in total. The highest BCUT2D eigenvalue weighted by molar-refractivity contribution is 5.93. The second-order valence-electron chi connectivity index (χ2n) is 5.77. The normalized spacial score (nSPS) is 21.0. The molecule has 0 saturated carbocycles. The highest BCUT2D eigenvalue weighted by Gasteiger charge is 2.39. The Morgan fingerprint density at radius 2 is 2.00 bits per heavy atom. The van der Waals surface area contributed by atoms with Crippen LogP contribution in [-0.4, -0.2) is 55.7 Å². The third kappa shape index (κ3) is 2.81. The summed E-state index contributed by atoms with van der Waals surface area (Å²) < 4.78 is 5.44. The fourth-order valence-electron chi connectivity index (χ4n) is 2.88. The maximum absolute atomic E-state index is 13.0. The van der Waals surface area contributed by atoms with Gasteiger partial charge in [-0.25, -0.2) is 9.97 Å². The van der Waals surface area contributed by atoms with Crippen LogP contribution in [0.5, 0.6) is 0 Å². The fraction of sp³-hybridized carbons (Fsp3) is 0.533. The summed E-state index contributed by atoms with van der Waals surface area (Å²) in [7, 11) is 1.65. The largest absolute Gasteiger partial charge is 0.380 e. The van der Waals surface area contributed by atoms with Crippen LogP contribution in [0.3, 0.4) is 0 Å². The molecular formula is C15H20N6O2. The molecule has 8 heteroatoms. The van der Waals surface area contributed by atoms with E-state index in [-0.39, 0.29) is 18.1 Å². The number of ether oxygens (including phenoxy) is 1. The van der Waals surface area contributed by atoms with Crippen molar-refractivity contribution in [2.75, 3.05) is 13.7 Å². The number of aromatic nitrogens is 5. The van der Waals surface area contributed by atoms with E-state index in [4.69, 9.17) is 4.74 Å². The summed E-state index contributed by atoms with van der Waals surface area (Å²) in [5.74, 6) is 0.506. The van der Waals surface area contributed by atoms with Gasteiger partial charge in [-0.05, 0) is 20.8 Å². The van der Waals surface area contributed by atoms with Crippen molar-refractivity contribution in [2.45, 2.75) is 39.3 Å². The van der Waals surface area contributed by atoms with Crippen molar-refractivity contribution in [3.05, 3.63) is 34.9 Å². The van der Waals surface area contributed by atoms with Gasteiger partial charge in [0.15, 0.2) is 0 Å². The average Bonchev–Trinajstić information content (AvgIpc) is 3.18. The van der Waals surface area contributed by atoms with Gasteiger partial charge in [0.25, 0.3) is 5.91 Å². The van der Waals surface area contributed by atoms with Crippen LogP contribution in [0.15, 0.2) is 6.33 Å². The molecule has 1 aliphatic rings. The lowest BCUT2D eigenvalue weighted by molar-refractivity contribution is 0.0677. The van der Waals surface area contributed by atoms with Crippen molar-refractivity contribution < 1.29 is 9.53 Å². The first-order valence-electron chi connectivity index (χ1n) is 7.52. The minimum atomic E-state index is -0.197. The van der Waals surface area contributed by atoms with Crippen LogP contribution in [0, 0.1) is 20.8 Å². The van der Waals surface area contributed by atoms with Gasteiger partial charge in [-0.15, -0.1) is 0 Å². The molecule has 3 rings (SSSR count). The zero-order valence-corrected chi connectivity index (χ0v) is 13.7. The lowest BCUT2D eigenvalue weighted by Gasteiger charge is -2.23. The molecule has 0 aromatic carbocycles. The number of nitrogens with one attached hydrogen (secondary N) is 1. The summed E-state index contributed by atoms with van der Waals surface area (Å²) in [4.78, 5) is 27.8. The topological polar surface area (TPSA) is 96.9 Å². The number of aryl methyl sites for hydroxylation is 3. The zero-order valence-electron chi connectivity index (χ0n) is 13.7. The zero-order chi connectivity index (χ0) is 16.6. The van der Waals surface area contributed by atoms with Gasteiger partial charge < -0.3 is 9.64 Å². The van der Waals surface area contributed by atoms with E-state index in [0.29, 0.717) is 30.2 Å². The van der Waals surface area contributed by atoms with Gasteiger partial charge in [0, 0.05) is 20.1 Å². The van der Waals surface area contributed by atoms with Crippen molar-refractivity contribution in [3.63, 3.8) is 0 Å². The second kappa shape index (κ2) is 6.04. The van der Waals surface area contributed by atoms with Crippen LogP contribution in [0.2, 0.25) is 0 Å². The first kappa shape index (κ1) is 15.5. The number of amides is 1. The third-order valence-corrected chi connectivity index (χ3v) is 4.29. The lowest BCUT2D eigenvalue weighted by atomic mass is 10.1. The summed E-state index contributed by atoms with van der Waals surface area (Å²) >= 11 is 0. The van der Waals surface area contributed by atoms with E-state index in [1.807, 2.05) is 13.8 Å². The summed E-state index contributed by atoms with van der Waals surface area (Å²) in [6, 6.07) is -0.197. The van der Waals surface area contributed by atoms with Gasteiger partial charge in [0.2, 0.25) is 0 Å². The smallest absolute Gasteiger partial charge is 0.275 e. The standard InChI is InChI=1S/C15H20N6O2/c1-8-9(2)19-13(10(3)18-8)15(22)21-6-11(23-4)5-12(21)14-16-7-17-20-14/h7,11-12H,5-6H2,1-4H3,(H,16,17,20)/t11-,12+/m1/s1. The van der Waals surface area contributed by atoms with E-state index >= 15 is 0 Å². The van der Waals surface area contributed by atoms with Gasteiger partial charge in [-0.1, -0.05) is 0 Å². The number of rotatable bonds is 3. The number of carbonyl (C=O) groups is 1. The van der Waals surface area contributed by atoms with Gasteiger partial charge in [0.05, 0.1) is 29.2 Å². The maximum atomic E-state index is 13.0. The van der Waals surface area contributed by atoms with E-state index < -0.39 is 0 Å². The highest BCUT2D eigenvalue weighted by Crippen LogP contribution is 2.32. The van der Waals surface area contributed by atoms with Crippen molar-refractivity contribution in [3.8, 4) is 0 Å². The molecule has 8 nitrogen and oxygen atoms in total. The van der Waals surface area contributed by atoms with Crippen molar-refractivity contribution in [1.82, 2.24) is 30.0 Å². The Morgan fingerprint density at radius 3 is 2.65 bits per heavy atom. The molecule has 1 fully saturated rings. The maximum Gasteiger partial charge on any atom is 0.275 e. The average molecular weight is 316 g/mol. The van der Waals surface area contributed by atoms with Crippen LogP contribution in [0.25, 0.3) is 0 Å². The van der Waals surface area contributed by atoms with Gasteiger partial charge in [0.1, 0.15) is 17.8 Å². The molecule has 0 bridgehead atoms. The van der Waals surface area contributed by atoms with Crippen molar-refractivity contribution >= 4 is 5.91 Å². The number of carbonyl (C=O) groups excluding carboxylic acids is 1. The third-order valence-electron chi connectivity index (χ3n) is 4.29. The van der Waals surface area contributed by atoms with E-state index in [2.05, 4.69) is 25.1 Å². The molecule has 1 saturated heterocycles. The van der Waals surface area contributed by atoms with Crippen LogP contribution in [0.4, 0.5) is 0 Å². The predicted molar refractivity (Wildman–Crippen MR) is 81.8 cm³/mol. The number of aromatic amines is 1. The number of hydrogen-bond acceptors (Lipinski definition) is 6. The number of H-pyrrole nitrogens is 1. The molecular weight excluding hydrogens is 296 g/mol. The molecule has 3 heterocycles. The number of methoxy groups -OCH3 is 1. The molecule has 0 radical (unpaired) electrons. The Morgan fingerprint density at radius 1 is 1.26 bits per heavy atom. The molecule has 2 aromatic heterocycles. The summed E-state index contributed by atoms with van der Waals surface area (Å²) in [5, 5.41) is 6.73. The first-order valence-corrected chi connectivity index (χ1v) is 7.52. The van der Waals surface area contributed by atoms with Crippen molar-refractivity contribution in [1.29, 1.82) is 0 Å².